The molecule has 100 valence electrons. The molecule has 0 aliphatic carbocycles. The molecule has 4 nitrogen and oxygen atoms in total. The molecule has 2 N–H and O–H groups in total. The highest BCUT2D eigenvalue weighted by Crippen LogP contribution is 2.27. The molecule has 1 aromatic carbocycles. The third-order valence-corrected chi connectivity index (χ3v) is 3.66. The molecule has 0 spiro atoms. The van der Waals surface area contributed by atoms with E-state index in [0.717, 1.165) is 31.0 Å². The Hall–Kier alpha value is -1.97. The molecule has 1 aromatic heterocycles. The van der Waals surface area contributed by atoms with Gasteiger partial charge in [-0.25, -0.2) is 0 Å². The Kier molecular flexibility index (Phi) is 3.40. The molecular formula is C15H19N3O. The maximum absolute atomic E-state index is 5.41. The minimum absolute atomic E-state index is 0.841. The monoisotopic (exact) mass is 257 g/mol. The summed E-state index contributed by atoms with van der Waals surface area (Å²) in [7, 11) is 1.72. The van der Waals surface area contributed by atoms with E-state index in [9.17, 15) is 0 Å². The lowest BCUT2D eigenvalue weighted by Crippen LogP contribution is -1.99. The number of para-hydroxylation sites is 1. The number of rotatable bonds is 3. The Balaban J connectivity index is 1.89. The van der Waals surface area contributed by atoms with Gasteiger partial charge < -0.3 is 10.1 Å². The van der Waals surface area contributed by atoms with Crippen molar-refractivity contribution in [2.24, 2.45) is 0 Å². The first-order chi connectivity index (χ1) is 9.38. The van der Waals surface area contributed by atoms with Crippen LogP contribution in [0, 0.1) is 0 Å². The maximum atomic E-state index is 5.41. The summed E-state index contributed by atoms with van der Waals surface area (Å²) in [5, 5.41) is 11.0. The molecule has 2 aromatic rings. The van der Waals surface area contributed by atoms with Gasteiger partial charge in [-0.3, -0.25) is 5.10 Å². The Labute approximate surface area is 113 Å². The van der Waals surface area contributed by atoms with E-state index in [1.165, 1.54) is 29.7 Å². The fourth-order valence-corrected chi connectivity index (χ4v) is 2.64. The molecule has 0 radical (unpaired) electrons. The Morgan fingerprint density at radius 1 is 1.26 bits per heavy atom. The normalized spacial score (nSPS) is 14.4. The van der Waals surface area contributed by atoms with Crippen molar-refractivity contribution in [2.45, 2.75) is 25.7 Å². The average Bonchev–Trinajstić information content (AvgIpc) is 2.68. The summed E-state index contributed by atoms with van der Waals surface area (Å²) in [5.74, 6) is 1.97. The highest BCUT2D eigenvalue weighted by molar-refractivity contribution is 5.49. The topological polar surface area (TPSA) is 49.9 Å². The highest BCUT2D eigenvalue weighted by Gasteiger charge is 2.16. The van der Waals surface area contributed by atoms with Gasteiger partial charge in [0.15, 0.2) is 5.82 Å². The van der Waals surface area contributed by atoms with E-state index in [1.807, 2.05) is 18.2 Å². The first-order valence-electron chi connectivity index (χ1n) is 6.80. The first kappa shape index (κ1) is 12.1. The van der Waals surface area contributed by atoms with Crippen molar-refractivity contribution in [3.05, 3.63) is 41.1 Å². The fraction of sp³-hybridized carbons (Fsp3) is 0.400. The van der Waals surface area contributed by atoms with E-state index >= 15 is 0 Å². The van der Waals surface area contributed by atoms with Gasteiger partial charge in [0.1, 0.15) is 5.75 Å². The van der Waals surface area contributed by atoms with Crippen molar-refractivity contribution < 1.29 is 4.74 Å². The molecule has 0 fully saturated rings. The molecule has 0 saturated heterocycles. The summed E-state index contributed by atoms with van der Waals surface area (Å²) in [6.07, 6.45) is 4.38. The molecule has 4 heteroatoms. The zero-order valence-corrected chi connectivity index (χ0v) is 11.2. The summed E-state index contributed by atoms with van der Waals surface area (Å²) < 4.78 is 5.41. The van der Waals surface area contributed by atoms with Crippen LogP contribution in [0.3, 0.4) is 0 Å². The van der Waals surface area contributed by atoms with Crippen molar-refractivity contribution in [3.63, 3.8) is 0 Å². The number of benzene rings is 1. The molecule has 0 saturated carbocycles. The largest absolute Gasteiger partial charge is 0.496 e. The summed E-state index contributed by atoms with van der Waals surface area (Å²) in [5.41, 5.74) is 3.73. The number of hydrogen-bond acceptors (Lipinski definition) is 3. The van der Waals surface area contributed by atoms with Gasteiger partial charge >= 0.3 is 0 Å². The lowest BCUT2D eigenvalue weighted by molar-refractivity contribution is 0.410. The van der Waals surface area contributed by atoms with Crippen molar-refractivity contribution >= 4 is 5.82 Å². The van der Waals surface area contributed by atoms with Gasteiger partial charge in [-0.2, -0.15) is 5.10 Å². The van der Waals surface area contributed by atoms with Gasteiger partial charge in [-0.05, 0) is 25.3 Å². The van der Waals surface area contributed by atoms with E-state index in [0.29, 0.717) is 0 Å². The van der Waals surface area contributed by atoms with Gasteiger partial charge in [0.05, 0.1) is 7.11 Å². The van der Waals surface area contributed by atoms with Crippen molar-refractivity contribution in [3.8, 4) is 5.75 Å². The zero-order chi connectivity index (χ0) is 13.1. The van der Waals surface area contributed by atoms with Crippen LogP contribution in [-0.4, -0.2) is 23.9 Å². The minimum Gasteiger partial charge on any atom is -0.496 e. The van der Waals surface area contributed by atoms with Gasteiger partial charge in [-0.1, -0.05) is 18.2 Å². The van der Waals surface area contributed by atoms with Crippen LogP contribution in [0.4, 0.5) is 5.82 Å². The van der Waals surface area contributed by atoms with E-state index in [1.54, 1.807) is 7.11 Å². The quantitative estimate of drug-likeness (QED) is 0.889. The summed E-state index contributed by atoms with van der Waals surface area (Å²) in [6.45, 7) is 1.02. The standard InChI is InChI=1S/C15H19N3O/c1-19-14-8-3-2-6-11(14)10-13-12-7-4-5-9-16-15(12)18-17-13/h2-3,6,8H,4-5,7,9-10H2,1H3,(H2,16,17,18). The Morgan fingerprint density at radius 2 is 2.16 bits per heavy atom. The Morgan fingerprint density at radius 3 is 3.05 bits per heavy atom. The van der Waals surface area contributed by atoms with Gasteiger partial charge in [0, 0.05) is 29.8 Å². The first-order valence-corrected chi connectivity index (χ1v) is 6.80. The number of aromatic nitrogens is 2. The number of anilines is 1. The Bertz CT molecular complexity index is 562. The summed E-state index contributed by atoms with van der Waals surface area (Å²) in [4.78, 5) is 0. The number of hydrogen-bond donors (Lipinski definition) is 2. The number of ether oxygens (including phenoxy) is 1. The van der Waals surface area contributed by atoms with Crippen molar-refractivity contribution in [1.82, 2.24) is 10.2 Å². The van der Waals surface area contributed by atoms with Gasteiger partial charge in [0.25, 0.3) is 0 Å². The van der Waals surface area contributed by atoms with Gasteiger partial charge in [-0.15, -0.1) is 0 Å². The third-order valence-electron chi connectivity index (χ3n) is 3.66. The molecule has 1 aliphatic heterocycles. The second-order valence-corrected chi connectivity index (χ2v) is 4.90. The number of nitrogens with one attached hydrogen (secondary N) is 2. The van der Waals surface area contributed by atoms with Crippen LogP contribution in [-0.2, 0) is 12.8 Å². The van der Waals surface area contributed by atoms with E-state index < -0.39 is 0 Å². The van der Waals surface area contributed by atoms with Crippen LogP contribution >= 0.6 is 0 Å². The zero-order valence-electron chi connectivity index (χ0n) is 11.2. The summed E-state index contributed by atoms with van der Waals surface area (Å²) in [6, 6.07) is 8.15. The molecule has 0 amide bonds. The molecule has 1 aliphatic rings. The predicted octanol–water partition coefficient (Wildman–Crippen LogP) is 2.76. The fourth-order valence-electron chi connectivity index (χ4n) is 2.64. The molecule has 0 bridgehead atoms. The van der Waals surface area contributed by atoms with E-state index in [2.05, 4.69) is 21.6 Å². The number of nitrogens with zero attached hydrogens (tertiary/aromatic N) is 1. The number of aromatic amines is 1. The van der Waals surface area contributed by atoms with E-state index in [4.69, 9.17) is 4.74 Å². The van der Waals surface area contributed by atoms with Crippen LogP contribution < -0.4 is 10.1 Å². The second kappa shape index (κ2) is 5.34. The smallest absolute Gasteiger partial charge is 0.151 e. The minimum atomic E-state index is 0.841. The predicted molar refractivity (Wildman–Crippen MR) is 75.8 cm³/mol. The molecular weight excluding hydrogens is 238 g/mol. The van der Waals surface area contributed by atoms with Crippen LogP contribution in [0.2, 0.25) is 0 Å². The van der Waals surface area contributed by atoms with Crippen molar-refractivity contribution in [2.75, 3.05) is 19.0 Å². The molecule has 0 unspecified atom stereocenters. The van der Waals surface area contributed by atoms with E-state index in [-0.39, 0.29) is 0 Å². The van der Waals surface area contributed by atoms with Gasteiger partial charge in [0.2, 0.25) is 0 Å². The average molecular weight is 257 g/mol. The second-order valence-electron chi connectivity index (χ2n) is 4.90. The maximum Gasteiger partial charge on any atom is 0.151 e. The van der Waals surface area contributed by atoms with Crippen LogP contribution in [0.15, 0.2) is 24.3 Å². The third kappa shape index (κ3) is 2.43. The number of H-pyrrole nitrogens is 1. The van der Waals surface area contributed by atoms with Crippen LogP contribution in [0.25, 0.3) is 0 Å². The van der Waals surface area contributed by atoms with Crippen molar-refractivity contribution in [1.29, 1.82) is 0 Å². The van der Waals surface area contributed by atoms with Crippen LogP contribution in [0.1, 0.15) is 29.7 Å². The molecule has 3 rings (SSSR count). The SMILES string of the molecule is COc1ccccc1Cc1[nH]nc2c1CCCCN2. The number of fused-ring (bicyclic) bond motifs is 1. The molecule has 19 heavy (non-hydrogen) atoms. The lowest BCUT2D eigenvalue weighted by atomic mass is 10.0. The summed E-state index contributed by atoms with van der Waals surface area (Å²) >= 11 is 0. The molecule has 0 atom stereocenters. The lowest BCUT2D eigenvalue weighted by Gasteiger charge is -2.08. The van der Waals surface area contributed by atoms with Crippen LogP contribution in [0.5, 0.6) is 5.75 Å². The number of methoxy groups -OCH3 is 1. The highest BCUT2D eigenvalue weighted by atomic mass is 16.5. The molecule has 2 heterocycles.